The number of nitrogens with zero attached hydrogens (tertiary/aromatic N) is 3. The van der Waals surface area contributed by atoms with Crippen LogP contribution in [0.25, 0.3) is 11.3 Å². The minimum absolute atomic E-state index is 0.0195. The Morgan fingerprint density at radius 1 is 1.27 bits per heavy atom. The topological polar surface area (TPSA) is 64.3 Å². The molecule has 2 aliphatic rings. The molecule has 3 heterocycles. The van der Waals surface area contributed by atoms with Crippen molar-refractivity contribution in [2.75, 3.05) is 26.7 Å². The van der Waals surface area contributed by atoms with E-state index in [1.54, 1.807) is 0 Å². The van der Waals surface area contributed by atoms with Crippen LogP contribution in [0, 0.1) is 0 Å². The molecule has 1 aromatic carbocycles. The van der Waals surface area contributed by atoms with E-state index in [0.29, 0.717) is 19.6 Å². The minimum atomic E-state index is -0.0195. The third kappa shape index (κ3) is 3.35. The Morgan fingerprint density at radius 3 is 2.92 bits per heavy atom. The Labute approximate surface area is 153 Å². The number of aromatic nitrogens is 2. The van der Waals surface area contributed by atoms with Gasteiger partial charge in [-0.25, -0.2) is 4.79 Å². The lowest BCUT2D eigenvalue weighted by molar-refractivity contribution is 0.193. The third-order valence-electron chi connectivity index (χ3n) is 4.86. The molecule has 6 heteroatoms. The lowest BCUT2D eigenvalue weighted by atomic mass is 10.0. The molecule has 0 spiro atoms. The van der Waals surface area contributed by atoms with Gasteiger partial charge in [-0.1, -0.05) is 36.4 Å². The van der Waals surface area contributed by atoms with Gasteiger partial charge in [0.1, 0.15) is 0 Å². The maximum absolute atomic E-state index is 12.6. The first-order valence-electron chi connectivity index (χ1n) is 8.91. The minimum Gasteiger partial charge on any atom is -0.376 e. The molecule has 0 saturated carbocycles. The van der Waals surface area contributed by atoms with Gasteiger partial charge in [-0.3, -0.25) is 5.10 Å². The molecule has 0 fully saturated rings. The van der Waals surface area contributed by atoms with Crippen LogP contribution in [0.5, 0.6) is 0 Å². The number of amides is 2. The van der Waals surface area contributed by atoms with E-state index in [9.17, 15) is 4.79 Å². The lowest BCUT2D eigenvalue weighted by Crippen LogP contribution is -2.43. The summed E-state index contributed by atoms with van der Waals surface area (Å²) in [6.07, 6.45) is 6.91. The summed E-state index contributed by atoms with van der Waals surface area (Å²) in [6, 6.07) is 10.1. The number of benzene rings is 1. The highest BCUT2D eigenvalue weighted by Crippen LogP contribution is 2.28. The highest BCUT2D eigenvalue weighted by molar-refractivity contribution is 5.75. The van der Waals surface area contributed by atoms with Crippen molar-refractivity contribution < 1.29 is 4.79 Å². The summed E-state index contributed by atoms with van der Waals surface area (Å²) >= 11 is 0. The van der Waals surface area contributed by atoms with Gasteiger partial charge in [0.15, 0.2) is 0 Å². The molecule has 0 bridgehead atoms. The van der Waals surface area contributed by atoms with Crippen molar-refractivity contribution in [2.24, 2.45) is 0 Å². The smallest absolute Gasteiger partial charge is 0.317 e. The van der Waals surface area contributed by atoms with Crippen LogP contribution >= 0.6 is 0 Å². The van der Waals surface area contributed by atoms with Gasteiger partial charge in [-0.15, -0.1) is 0 Å². The quantitative estimate of drug-likeness (QED) is 0.895. The fourth-order valence-corrected chi connectivity index (χ4v) is 3.47. The number of aromatic amines is 1. The van der Waals surface area contributed by atoms with Crippen molar-refractivity contribution in [3.05, 3.63) is 65.5 Å². The number of H-pyrrole nitrogens is 1. The predicted octanol–water partition coefficient (Wildman–Crippen LogP) is 2.53. The second kappa shape index (κ2) is 7.07. The van der Waals surface area contributed by atoms with Crippen LogP contribution in [0.4, 0.5) is 4.79 Å². The summed E-state index contributed by atoms with van der Waals surface area (Å²) in [7, 11) is 2.03. The SMILES string of the molecule is CN1C=CC=C(CNC(=O)N2CCc3[nH]nc(-c4ccccc4)c3C2)C1. The van der Waals surface area contributed by atoms with Crippen molar-refractivity contribution in [1.29, 1.82) is 0 Å². The fraction of sp³-hybridized carbons (Fsp3) is 0.300. The van der Waals surface area contributed by atoms with Crippen LogP contribution in [0.3, 0.4) is 0 Å². The number of urea groups is 1. The number of hydrogen-bond donors (Lipinski definition) is 2. The lowest BCUT2D eigenvalue weighted by Gasteiger charge is -2.28. The zero-order valence-electron chi connectivity index (χ0n) is 14.9. The van der Waals surface area contributed by atoms with Gasteiger partial charge in [0, 0.05) is 49.9 Å². The first-order chi connectivity index (χ1) is 12.7. The normalized spacial score (nSPS) is 16.3. The molecule has 0 unspecified atom stereocenters. The van der Waals surface area contributed by atoms with E-state index >= 15 is 0 Å². The van der Waals surface area contributed by atoms with Crippen LogP contribution in [0.1, 0.15) is 11.3 Å². The summed E-state index contributed by atoms with van der Waals surface area (Å²) in [4.78, 5) is 16.6. The van der Waals surface area contributed by atoms with E-state index in [4.69, 9.17) is 0 Å². The Kier molecular flexibility index (Phi) is 4.48. The van der Waals surface area contributed by atoms with Crippen LogP contribution in [0.15, 0.2) is 54.3 Å². The van der Waals surface area contributed by atoms with Gasteiger partial charge in [-0.05, 0) is 17.8 Å². The molecule has 0 atom stereocenters. The molecular formula is C20H23N5O. The number of carbonyl (C=O) groups is 1. The first kappa shape index (κ1) is 16.4. The summed E-state index contributed by atoms with van der Waals surface area (Å²) in [5, 5.41) is 10.7. The van der Waals surface area contributed by atoms with E-state index < -0.39 is 0 Å². The highest BCUT2D eigenvalue weighted by atomic mass is 16.2. The van der Waals surface area contributed by atoms with Crippen LogP contribution in [-0.4, -0.2) is 52.7 Å². The molecule has 0 radical (unpaired) electrons. The van der Waals surface area contributed by atoms with Gasteiger partial charge in [0.2, 0.25) is 0 Å². The van der Waals surface area contributed by atoms with Gasteiger partial charge >= 0.3 is 6.03 Å². The Hall–Kier alpha value is -3.02. The number of likely N-dealkylation sites (N-methyl/N-ethyl adjacent to an activating group) is 1. The summed E-state index contributed by atoms with van der Waals surface area (Å²) in [5.74, 6) is 0. The monoisotopic (exact) mass is 349 g/mol. The number of allylic oxidation sites excluding steroid dienone is 2. The Morgan fingerprint density at radius 2 is 2.12 bits per heavy atom. The highest BCUT2D eigenvalue weighted by Gasteiger charge is 2.25. The molecule has 2 aliphatic heterocycles. The molecule has 0 aliphatic carbocycles. The Balaban J connectivity index is 1.43. The number of fused-ring (bicyclic) bond motifs is 1. The number of nitrogens with one attached hydrogen (secondary N) is 2. The van der Waals surface area contributed by atoms with Crippen molar-refractivity contribution in [3.63, 3.8) is 0 Å². The molecule has 0 saturated heterocycles. The van der Waals surface area contributed by atoms with Crippen molar-refractivity contribution in [1.82, 2.24) is 25.3 Å². The van der Waals surface area contributed by atoms with Crippen molar-refractivity contribution in [3.8, 4) is 11.3 Å². The largest absolute Gasteiger partial charge is 0.376 e. The molecule has 134 valence electrons. The van der Waals surface area contributed by atoms with Gasteiger partial charge in [-0.2, -0.15) is 5.10 Å². The second-order valence-electron chi connectivity index (χ2n) is 6.81. The van der Waals surface area contributed by atoms with Gasteiger partial charge in [0.05, 0.1) is 12.2 Å². The third-order valence-corrected chi connectivity index (χ3v) is 4.86. The number of carbonyl (C=O) groups excluding carboxylic acids is 1. The van der Waals surface area contributed by atoms with Gasteiger partial charge in [0.25, 0.3) is 0 Å². The molecular weight excluding hydrogens is 326 g/mol. The standard InChI is InChI=1S/C20H23N5O/c1-24-10-5-6-15(13-24)12-21-20(26)25-11-9-18-17(14-25)19(23-22-18)16-7-3-2-4-8-16/h2-8,10H,9,11-14H2,1H3,(H,21,26)(H,22,23). The molecule has 2 aromatic rings. The zero-order chi connectivity index (χ0) is 17.9. The maximum Gasteiger partial charge on any atom is 0.317 e. The van der Waals surface area contributed by atoms with E-state index in [2.05, 4.69) is 38.6 Å². The van der Waals surface area contributed by atoms with E-state index in [1.807, 2.05) is 42.4 Å². The second-order valence-corrected chi connectivity index (χ2v) is 6.81. The molecule has 2 amide bonds. The molecule has 4 rings (SSSR count). The summed E-state index contributed by atoms with van der Waals surface area (Å²) in [6.45, 7) is 2.71. The number of rotatable bonds is 3. The maximum atomic E-state index is 12.6. The van der Waals surface area contributed by atoms with E-state index in [1.165, 1.54) is 5.57 Å². The Bertz CT molecular complexity index is 852. The predicted molar refractivity (Wildman–Crippen MR) is 101 cm³/mol. The zero-order valence-corrected chi connectivity index (χ0v) is 14.9. The van der Waals surface area contributed by atoms with Gasteiger partial charge < -0.3 is 15.1 Å². The van der Waals surface area contributed by atoms with Crippen LogP contribution < -0.4 is 5.32 Å². The average molecular weight is 349 g/mol. The molecule has 6 nitrogen and oxygen atoms in total. The molecule has 1 aromatic heterocycles. The summed E-state index contributed by atoms with van der Waals surface area (Å²) in [5.41, 5.74) is 5.48. The molecule has 26 heavy (non-hydrogen) atoms. The first-order valence-corrected chi connectivity index (χ1v) is 8.91. The van der Waals surface area contributed by atoms with Crippen molar-refractivity contribution >= 4 is 6.03 Å². The van der Waals surface area contributed by atoms with Crippen LogP contribution in [-0.2, 0) is 13.0 Å². The van der Waals surface area contributed by atoms with Crippen LogP contribution in [0.2, 0.25) is 0 Å². The van der Waals surface area contributed by atoms with Crippen molar-refractivity contribution in [2.45, 2.75) is 13.0 Å². The van der Waals surface area contributed by atoms with E-state index in [-0.39, 0.29) is 6.03 Å². The fourth-order valence-electron chi connectivity index (χ4n) is 3.47. The molecule has 2 N–H and O–H groups in total. The average Bonchev–Trinajstić information content (AvgIpc) is 3.10. The van der Waals surface area contributed by atoms with E-state index in [0.717, 1.165) is 35.5 Å². The summed E-state index contributed by atoms with van der Waals surface area (Å²) < 4.78 is 0. The number of hydrogen-bond acceptors (Lipinski definition) is 3.